The van der Waals surface area contributed by atoms with Gasteiger partial charge in [-0.25, -0.2) is 17.7 Å². The zero-order valence-electron chi connectivity index (χ0n) is 16.4. The van der Waals surface area contributed by atoms with Crippen LogP contribution >= 0.6 is 0 Å². The van der Waals surface area contributed by atoms with Crippen molar-refractivity contribution in [1.29, 1.82) is 0 Å². The molecule has 0 unspecified atom stereocenters. The quantitative estimate of drug-likeness (QED) is 0.660. The Morgan fingerprint density at radius 2 is 1.86 bits per heavy atom. The summed E-state index contributed by atoms with van der Waals surface area (Å²) in [5.41, 5.74) is 2.13. The van der Waals surface area contributed by atoms with E-state index in [-0.39, 0.29) is 10.8 Å². The number of para-hydroxylation sites is 1. The first-order valence-corrected chi connectivity index (χ1v) is 10.6. The predicted octanol–water partition coefficient (Wildman–Crippen LogP) is 2.70. The van der Waals surface area contributed by atoms with Crippen LogP contribution in [0.1, 0.15) is 15.9 Å². The van der Waals surface area contributed by atoms with Gasteiger partial charge in [0.25, 0.3) is 5.91 Å². The van der Waals surface area contributed by atoms with Crippen molar-refractivity contribution in [2.75, 3.05) is 32.6 Å². The molecule has 1 amide bonds. The van der Waals surface area contributed by atoms with Gasteiger partial charge >= 0.3 is 0 Å². The van der Waals surface area contributed by atoms with Crippen molar-refractivity contribution < 1.29 is 17.9 Å². The van der Waals surface area contributed by atoms with E-state index in [1.165, 1.54) is 26.2 Å². The minimum absolute atomic E-state index is 0.148. The number of nitrogens with zero attached hydrogens (tertiary/aromatic N) is 3. The Hall–Kier alpha value is -2.97. The highest BCUT2D eigenvalue weighted by atomic mass is 32.2. The molecule has 0 atom stereocenters. The second-order valence-electron chi connectivity index (χ2n) is 7.02. The highest BCUT2D eigenvalue weighted by Crippen LogP contribution is 2.33. The van der Waals surface area contributed by atoms with Crippen molar-refractivity contribution in [1.82, 2.24) is 9.29 Å². The van der Waals surface area contributed by atoms with E-state index in [9.17, 15) is 13.2 Å². The molecule has 3 aromatic rings. The molecule has 150 valence electrons. The van der Waals surface area contributed by atoms with E-state index in [1.807, 2.05) is 24.3 Å². The first-order valence-electron chi connectivity index (χ1n) is 9.14. The number of hydrogen-bond acceptors (Lipinski definition) is 5. The maximum Gasteiger partial charge on any atom is 0.259 e. The van der Waals surface area contributed by atoms with Gasteiger partial charge in [-0.2, -0.15) is 0 Å². The second-order valence-corrected chi connectivity index (χ2v) is 9.17. The number of hydrogen-bond donors (Lipinski definition) is 0. The fourth-order valence-electron chi connectivity index (χ4n) is 3.46. The molecule has 0 spiro atoms. The molecule has 1 aromatic heterocycles. The summed E-state index contributed by atoms with van der Waals surface area (Å²) in [4.78, 5) is 19.6. The molecule has 0 aliphatic carbocycles. The molecule has 0 bridgehead atoms. The summed E-state index contributed by atoms with van der Waals surface area (Å²) in [6.45, 7) is 0.525. The Bertz CT molecular complexity index is 1200. The summed E-state index contributed by atoms with van der Waals surface area (Å²) < 4.78 is 31.0. The molecule has 2 heterocycles. The standard InChI is InChI=1S/C21H21N3O4S/c1-23(2)29(26,27)17-9-7-14(8-10-17)21(25)24-12-11-16-13-15-5-4-6-18(28-3)19(15)22-20(16)24/h4-10,13H,11-12H2,1-3H3. The lowest BCUT2D eigenvalue weighted by atomic mass is 10.1. The monoisotopic (exact) mass is 411 g/mol. The summed E-state index contributed by atoms with van der Waals surface area (Å²) >= 11 is 0. The minimum atomic E-state index is -3.54. The average molecular weight is 411 g/mol. The topological polar surface area (TPSA) is 79.8 Å². The fraction of sp³-hybridized carbons (Fsp3) is 0.238. The van der Waals surface area contributed by atoms with Gasteiger partial charge in [0.1, 0.15) is 17.1 Å². The molecule has 0 N–H and O–H groups in total. The van der Waals surface area contributed by atoms with Gasteiger partial charge in [0, 0.05) is 31.6 Å². The van der Waals surface area contributed by atoms with Gasteiger partial charge in [0.05, 0.1) is 12.0 Å². The van der Waals surface area contributed by atoms with E-state index < -0.39 is 10.0 Å². The van der Waals surface area contributed by atoms with Crippen molar-refractivity contribution in [2.24, 2.45) is 0 Å². The van der Waals surface area contributed by atoms with Crippen LogP contribution in [-0.2, 0) is 16.4 Å². The SMILES string of the molecule is COc1cccc2cc3c(nc12)N(C(=O)c1ccc(S(=O)(=O)N(C)C)cc1)CC3. The summed E-state index contributed by atoms with van der Waals surface area (Å²) in [6, 6.07) is 13.8. The van der Waals surface area contributed by atoms with Crippen LogP contribution in [-0.4, -0.2) is 51.4 Å². The number of sulfonamides is 1. The van der Waals surface area contributed by atoms with Crippen LogP contribution in [0.3, 0.4) is 0 Å². The first kappa shape index (κ1) is 19.4. The van der Waals surface area contributed by atoms with Gasteiger partial charge in [-0.1, -0.05) is 12.1 Å². The number of rotatable bonds is 4. The number of amides is 1. The minimum Gasteiger partial charge on any atom is -0.494 e. The highest BCUT2D eigenvalue weighted by molar-refractivity contribution is 7.89. The fourth-order valence-corrected chi connectivity index (χ4v) is 4.36. The van der Waals surface area contributed by atoms with E-state index in [1.54, 1.807) is 24.1 Å². The van der Waals surface area contributed by atoms with E-state index in [4.69, 9.17) is 9.72 Å². The predicted molar refractivity (Wildman–Crippen MR) is 111 cm³/mol. The van der Waals surface area contributed by atoms with Gasteiger partial charge < -0.3 is 4.74 Å². The zero-order valence-corrected chi connectivity index (χ0v) is 17.2. The summed E-state index contributed by atoms with van der Waals surface area (Å²) in [5.74, 6) is 1.07. The van der Waals surface area contributed by atoms with Crippen molar-refractivity contribution >= 4 is 32.7 Å². The number of anilines is 1. The number of fused-ring (bicyclic) bond motifs is 2. The van der Waals surface area contributed by atoms with E-state index in [0.29, 0.717) is 35.6 Å². The zero-order chi connectivity index (χ0) is 20.8. The number of aromatic nitrogens is 1. The maximum absolute atomic E-state index is 13.1. The Balaban J connectivity index is 1.69. The van der Waals surface area contributed by atoms with Crippen LogP contribution in [0.15, 0.2) is 53.4 Å². The third-order valence-electron chi connectivity index (χ3n) is 5.07. The summed E-state index contributed by atoms with van der Waals surface area (Å²) in [7, 11) is 1.00. The Morgan fingerprint density at radius 1 is 1.14 bits per heavy atom. The van der Waals surface area contributed by atoms with Crippen LogP contribution in [0.4, 0.5) is 5.82 Å². The van der Waals surface area contributed by atoms with Crippen molar-refractivity contribution in [3.05, 3.63) is 59.7 Å². The van der Waals surface area contributed by atoms with Crippen LogP contribution in [0.2, 0.25) is 0 Å². The molecular weight excluding hydrogens is 390 g/mol. The first-order chi connectivity index (χ1) is 13.8. The van der Waals surface area contributed by atoms with E-state index in [2.05, 4.69) is 0 Å². The third-order valence-corrected chi connectivity index (χ3v) is 6.90. The lowest BCUT2D eigenvalue weighted by molar-refractivity contribution is 0.0988. The molecule has 4 rings (SSSR count). The van der Waals surface area contributed by atoms with Gasteiger partial charge in [-0.3, -0.25) is 9.69 Å². The number of methoxy groups -OCH3 is 1. The van der Waals surface area contributed by atoms with Crippen LogP contribution in [0.25, 0.3) is 10.9 Å². The largest absolute Gasteiger partial charge is 0.494 e. The highest BCUT2D eigenvalue weighted by Gasteiger charge is 2.28. The molecule has 0 fully saturated rings. The van der Waals surface area contributed by atoms with E-state index >= 15 is 0 Å². The van der Waals surface area contributed by atoms with Crippen LogP contribution in [0, 0.1) is 0 Å². The van der Waals surface area contributed by atoms with Crippen molar-refractivity contribution in [3.8, 4) is 5.75 Å². The van der Waals surface area contributed by atoms with Gasteiger partial charge in [0.2, 0.25) is 10.0 Å². The average Bonchev–Trinajstić information content (AvgIpc) is 3.13. The number of ether oxygens (including phenoxy) is 1. The third kappa shape index (κ3) is 3.24. The molecule has 1 aliphatic heterocycles. The van der Waals surface area contributed by atoms with Crippen LogP contribution in [0.5, 0.6) is 5.75 Å². The van der Waals surface area contributed by atoms with Gasteiger partial charge in [-0.15, -0.1) is 0 Å². The molecule has 2 aromatic carbocycles. The van der Waals surface area contributed by atoms with Crippen LogP contribution < -0.4 is 9.64 Å². The Kier molecular flexibility index (Phi) is 4.76. The lowest BCUT2D eigenvalue weighted by Gasteiger charge is -2.18. The molecule has 0 saturated heterocycles. The molecule has 8 heteroatoms. The lowest BCUT2D eigenvalue weighted by Crippen LogP contribution is -2.29. The number of carbonyl (C=O) groups excluding carboxylic acids is 1. The molecule has 0 radical (unpaired) electrons. The van der Waals surface area contributed by atoms with Crippen molar-refractivity contribution in [3.63, 3.8) is 0 Å². The molecule has 29 heavy (non-hydrogen) atoms. The number of benzene rings is 2. The van der Waals surface area contributed by atoms with Gasteiger partial charge in [-0.05, 0) is 48.4 Å². The molecule has 1 aliphatic rings. The summed E-state index contributed by atoms with van der Waals surface area (Å²) in [6.07, 6.45) is 0.717. The molecular formula is C21H21N3O4S. The smallest absolute Gasteiger partial charge is 0.259 e. The van der Waals surface area contributed by atoms with Gasteiger partial charge in [0.15, 0.2) is 0 Å². The maximum atomic E-state index is 13.1. The Morgan fingerprint density at radius 3 is 2.52 bits per heavy atom. The molecule has 0 saturated carbocycles. The molecule has 7 nitrogen and oxygen atoms in total. The normalized spacial score (nSPS) is 13.7. The second kappa shape index (κ2) is 7.13. The van der Waals surface area contributed by atoms with E-state index in [0.717, 1.165) is 15.3 Å². The summed E-state index contributed by atoms with van der Waals surface area (Å²) in [5, 5.41) is 0.968. The Labute approximate surface area is 169 Å². The number of pyridine rings is 1. The van der Waals surface area contributed by atoms with Crippen molar-refractivity contribution in [2.45, 2.75) is 11.3 Å². The number of carbonyl (C=O) groups is 1.